The largest absolute Gasteiger partial charge is 0.497 e. The second-order valence-corrected chi connectivity index (χ2v) is 4.70. The smallest absolute Gasteiger partial charge is 0.275 e. The van der Waals surface area contributed by atoms with Crippen LogP contribution in [0.15, 0.2) is 29.1 Å². The number of benzene rings is 1. The Morgan fingerprint density at radius 3 is 2.68 bits per heavy atom. The molecular weight excluding hydrogens is 242 g/mol. The van der Waals surface area contributed by atoms with Gasteiger partial charge in [0.25, 0.3) is 5.56 Å². The van der Waals surface area contributed by atoms with Crippen LogP contribution >= 0.6 is 0 Å². The fourth-order valence-corrected chi connectivity index (χ4v) is 2.10. The second kappa shape index (κ2) is 5.32. The summed E-state index contributed by atoms with van der Waals surface area (Å²) in [6, 6.07) is 7.34. The van der Waals surface area contributed by atoms with Gasteiger partial charge in [-0.2, -0.15) is 0 Å². The SMILES string of the molecule is COc1cccc(-n2[nH]c(C(C)C)c(CN)c2=O)c1. The monoisotopic (exact) mass is 261 g/mol. The summed E-state index contributed by atoms with van der Waals surface area (Å²) in [4.78, 5) is 12.3. The average molecular weight is 261 g/mol. The lowest BCUT2D eigenvalue weighted by Gasteiger charge is -2.05. The van der Waals surface area contributed by atoms with Gasteiger partial charge in [0.05, 0.1) is 18.4 Å². The first-order valence-corrected chi connectivity index (χ1v) is 6.26. The van der Waals surface area contributed by atoms with E-state index in [1.807, 2.05) is 38.1 Å². The predicted octanol–water partition coefficient (Wildman–Crippen LogP) is 1.76. The van der Waals surface area contributed by atoms with Gasteiger partial charge in [-0.1, -0.05) is 19.9 Å². The Kier molecular flexibility index (Phi) is 3.76. The lowest BCUT2D eigenvalue weighted by atomic mass is 10.1. The Morgan fingerprint density at radius 1 is 1.42 bits per heavy atom. The van der Waals surface area contributed by atoms with Gasteiger partial charge in [-0.15, -0.1) is 0 Å². The lowest BCUT2D eigenvalue weighted by molar-refractivity contribution is 0.414. The van der Waals surface area contributed by atoms with Crippen molar-refractivity contribution in [2.75, 3.05) is 7.11 Å². The van der Waals surface area contributed by atoms with Crippen molar-refractivity contribution in [3.05, 3.63) is 45.9 Å². The van der Waals surface area contributed by atoms with E-state index in [0.717, 1.165) is 11.4 Å². The molecule has 0 amide bonds. The second-order valence-electron chi connectivity index (χ2n) is 4.70. The topological polar surface area (TPSA) is 73.0 Å². The lowest BCUT2D eigenvalue weighted by Crippen LogP contribution is -2.19. The molecule has 2 aromatic rings. The molecule has 0 saturated heterocycles. The van der Waals surface area contributed by atoms with Crippen LogP contribution in [0.5, 0.6) is 5.75 Å². The Hall–Kier alpha value is -2.01. The number of H-pyrrole nitrogens is 1. The predicted molar refractivity (Wildman–Crippen MR) is 74.9 cm³/mol. The van der Waals surface area contributed by atoms with Crippen molar-refractivity contribution >= 4 is 0 Å². The molecule has 0 radical (unpaired) electrons. The van der Waals surface area contributed by atoms with Crippen LogP contribution in [-0.4, -0.2) is 16.9 Å². The zero-order valence-corrected chi connectivity index (χ0v) is 11.4. The summed E-state index contributed by atoms with van der Waals surface area (Å²) in [6.07, 6.45) is 0. The van der Waals surface area contributed by atoms with Crippen molar-refractivity contribution in [3.63, 3.8) is 0 Å². The van der Waals surface area contributed by atoms with E-state index in [1.54, 1.807) is 7.11 Å². The van der Waals surface area contributed by atoms with Gasteiger partial charge in [-0.3, -0.25) is 9.89 Å². The van der Waals surface area contributed by atoms with Gasteiger partial charge < -0.3 is 10.5 Å². The number of aromatic amines is 1. The van der Waals surface area contributed by atoms with E-state index in [1.165, 1.54) is 4.68 Å². The zero-order chi connectivity index (χ0) is 14.0. The van der Waals surface area contributed by atoms with E-state index in [9.17, 15) is 4.79 Å². The fraction of sp³-hybridized carbons (Fsp3) is 0.357. The molecule has 102 valence electrons. The van der Waals surface area contributed by atoms with Gasteiger partial charge in [0, 0.05) is 18.3 Å². The Morgan fingerprint density at radius 2 is 2.16 bits per heavy atom. The number of ether oxygens (including phenoxy) is 1. The first-order valence-electron chi connectivity index (χ1n) is 6.26. The third kappa shape index (κ3) is 2.42. The van der Waals surface area contributed by atoms with Crippen LogP contribution in [0.3, 0.4) is 0 Å². The number of rotatable bonds is 4. The number of aromatic nitrogens is 2. The Bertz CT molecular complexity index is 626. The molecule has 0 aliphatic heterocycles. The maximum absolute atomic E-state index is 12.3. The van der Waals surface area contributed by atoms with Crippen molar-refractivity contribution < 1.29 is 4.74 Å². The van der Waals surface area contributed by atoms with E-state index in [2.05, 4.69) is 5.10 Å². The minimum Gasteiger partial charge on any atom is -0.497 e. The summed E-state index contributed by atoms with van der Waals surface area (Å²) in [6.45, 7) is 4.29. The van der Waals surface area contributed by atoms with E-state index in [4.69, 9.17) is 10.5 Å². The summed E-state index contributed by atoms with van der Waals surface area (Å²) < 4.78 is 6.69. The van der Waals surface area contributed by atoms with Crippen LogP contribution in [0.2, 0.25) is 0 Å². The number of nitrogens with one attached hydrogen (secondary N) is 1. The average Bonchev–Trinajstić information content (AvgIpc) is 2.76. The van der Waals surface area contributed by atoms with Crippen molar-refractivity contribution in [2.24, 2.45) is 5.73 Å². The van der Waals surface area contributed by atoms with Crippen LogP contribution in [0.1, 0.15) is 31.0 Å². The van der Waals surface area contributed by atoms with E-state index < -0.39 is 0 Å². The molecule has 1 heterocycles. The molecule has 0 bridgehead atoms. The van der Waals surface area contributed by atoms with Crippen molar-refractivity contribution in [1.29, 1.82) is 0 Å². The van der Waals surface area contributed by atoms with Gasteiger partial charge >= 0.3 is 0 Å². The van der Waals surface area contributed by atoms with Crippen molar-refractivity contribution in [1.82, 2.24) is 9.78 Å². The highest BCUT2D eigenvalue weighted by Crippen LogP contribution is 2.18. The minimum atomic E-state index is -0.0977. The molecule has 1 aromatic carbocycles. The summed E-state index contributed by atoms with van der Waals surface area (Å²) >= 11 is 0. The number of nitrogens with two attached hydrogens (primary N) is 1. The highest BCUT2D eigenvalue weighted by Gasteiger charge is 2.16. The normalized spacial score (nSPS) is 11.0. The quantitative estimate of drug-likeness (QED) is 0.880. The molecule has 2 rings (SSSR count). The highest BCUT2D eigenvalue weighted by molar-refractivity contribution is 5.40. The number of nitrogens with zero attached hydrogens (tertiary/aromatic N) is 1. The molecule has 1 aromatic heterocycles. The third-order valence-electron chi connectivity index (χ3n) is 3.11. The first kappa shape index (κ1) is 13.4. The maximum atomic E-state index is 12.3. The van der Waals surface area contributed by atoms with Crippen molar-refractivity contribution in [3.8, 4) is 11.4 Å². The first-order chi connectivity index (χ1) is 9.08. The highest BCUT2D eigenvalue weighted by atomic mass is 16.5. The molecule has 0 atom stereocenters. The van der Waals surface area contributed by atoms with Gasteiger partial charge in [-0.25, -0.2) is 4.68 Å². The van der Waals surface area contributed by atoms with E-state index >= 15 is 0 Å². The molecule has 0 spiro atoms. The van der Waals surface area contributed by atoms with Gasteiger partial charge in [0.1, 0.15) is 5.75 Å². The molecule has 0 saturated carbocycles. The van der Waals surface area contributed by atoms with Crippen LogP contribution in [0.4, 0.5) is 0 Å². The maximum Gasteiger partial charge on any atom is 0.275 e. The summed E-state index contributed by atoms with van der Waals surface area (Å²) in [5, 5.41) is 3.14. The molecule has 3 N–H and O–H groups in total. The van der Waals surface area contributed by atoms with Gasteiger partial charge in [-0.05, 0) is 18.1 Å². The van der Waals surface area contributed by atoms with Gasteiger partial charge in [0.15, 0.2) is 0 Å². The molecule has 19 heavy (non-hydrogen) atoms. The van der Waals surface area contributed by atoms with Crippen LogP contribution < -0.4 is 16.0 Å². The van der Waals surface area contributed by atoms with Gasteiger partial charge in [0.2, 0.25) is 0 Å². The van der Waals surface area contributed by atoms with Crippen molar-refractivity contribution in [2.45, 2.75) is 26.3 Å². The molecule has 0 unspecified atom stereocenters. The Labute approximate surface area is 112 Å². The van der Waals surface area contributed by atoms with Crippen LogP contribution in [0.25, 0.3) is 5.69 Å². The van der Waals surface area contributed by atoms with Crippen LogP contribution in [0, 0.1) is 0 Å². The number of hydrogen-bond donors (Lipinski definition) is 2. The summed E-state index contributed by atoms with van der Waals surface area (Å²) in [5.74, 6) is 0.928. The fourth-order valence-electron chi connectivity index (χ4n) is 2.10. The standard InChI is InChI=1S/C14H19N3O2/c1-9(2)13-12(8-15)14(18)17(16-13)10-5-4-6-11(7-10)19-3/h4-7,9,16H,8,15H2,1-3H3. The molecule has 0 fully saturated rings. The van der Waals surface area contributed by atoms with E-state index in [0.29, 0.717) is 11.3 Å². The number of hydrogen-bond acceptors (Lipinski definition) is 3. The minimum absolute atomic E-state index is 0.0977. The third-order valence-corrected chi connectivity index (χ3v) is 3.11. The van der Waals surface area contributed by atoms with E-state index in [-0.39, 0.29) is 18.0 Å². The molecule has 5 nitrogen and oxygen atoms in total. The van der Waals surface area contributed by atoms with Crippen LogP contribution in [-0.2, 0) is 6.54 Å². The molecule has 5 heteroatoms. The summed E-state index contributed by atoms with van der Waals surface area (Å²) in [5.41, 5.74) is 7.84. The molecular formula is C14H19N3O2. The Balaban J connectivity index is 2.59. The summed E-state index contributed by atoms with van der Waals surface area (Å²) in [7, 11) is 1.60. The molecule has 0 aliphatic rings. The molecule has 0 aliphatic carbocycles. The number of methoxy groups -OCH3 is 1. The zero-order valence-electron chi connectivity index (χ0n) is 11.4.